The summed E-state index contributed by atoms with van der Waals surface area (Å²) in [6.07, 6.45) is 11.8. The van der Waals surface area contributed by atoms with Gasteiger partial charge in [0.05, 0.1) is 6.20 Å². The summed E-state index contributed by atoms with van der Waals surface area (Å²) in [7, 11) is 0. The molecule has 0 radical (unpaired) electrons. The minimum absolute atomic E-state index is 0.125. The highest BCUT2D eigenvalue weighted by Gasteiger charge is 2.07. The van der Waals surface area contributed by atoms with E-state index in [1.165, 1.54) is 6.08 Å². The lowest BCUT2D eigenvalue weighted by atomic mass is 10.2. The number of amides is 1. The lowest BCUT2D eigenvalue weighted by Gasteiger charge is -2.07. The number of hydrogen-bond donors (Lipinski definition) is 1. The van der Waals surface area contributed by atoms with Gasteiger partial charge in [-0.3, -0.25) is 9.78 Å². The smallest absolute Gasteiger partial charge is 0.244 e. The molecule has 6 nitrogen and oxygen atoms in total. The van der Waals surface area contributed by atoms with Gasteiger partial charge >= 0.3 is 0 Å². The van der Waals surface area contributed by atoms with Gasteiger partial charge < -0.3 is 9.88 Å². The number of carbonyl (C=O) groups excluding carboxylic acids is 1. The normalized spacial score (nSPS) is 10.8. The van der Waals surface area contributed by atoms with Crippen molar-refractivity contribution in [1.82, 2.24) is 24.8 Å². The Morgan fingerprint density at radius 3 is 2.79 bits per heavy atom. The van der Waals surface area contributed by atoms with Crippen molar-refractivity contribution < 1.29 is 4.79 Å². The maximum atomic E-state index is 11.9. The molecule has 3 rings (SSSR count). The summed E-state index contributed by atoms with van der Waals surface area (Å²) >= 11 is 0. The Morgan fingerprint density at radius 1 is 1.12 bits per heavy atom. The van der Waals surface area contributed by atoms with Gasteiger partial charge in [-0.1, -0.05) is 30.3 Å². The molecule has 2 heterocycles. The quantitative estimate of drug-likeness (QED) is 0.707. The Hall–Kier alpha value is -3.28. The average Bonchev–Trinajstić information content (AvgIpc) is 3.10. The molecule has 120 valence electrons. The molecule has 3 aromatic rings. The number of carbonyl (C=O) groups is 1. The molecule has 0 aliphatic carbocycles. The molecule has 0 unspecified atom stereocenters. The second-order valence-electron chi connectivity index (χ2n) is 5.07. The zero-order valence-corrected chi connectivity index (χ0v) is 13.0. The zero-order chi connectivity index (χ0) is 16.6. The molecule has 1 N–H and O–H groups in total. The van der Waals surface area contributed by atoms with Crippen LogP contribution in [0.2, 0.25) is 0 Å². The Bertz CT molecular complexity index is 812. The number of imidazole rings is 1. The van der Waals surface area contributed by atoms with Crippen LogP contribution in [0, 0.1) is 0 Å². The van der Waals surface area contributed by atoms with Crippen molar-refractivity contribution in [2.24, 2.45) is 0 Å². The van der Waals surface area contributed by atoms with Gasteiger partial charge in [0.1, 0.15) is 5.69 Å². The van der Waals surface area contributed by atoms with Crippen LogP contribution in [0.5, 0.6) is 0 Å². The highest BCUT2D eigenvalue weighted by atomic mass is 16.1. The average molecular weight is 319 g/mol. The van der Waals surface area contributed by atoms with Gasteiger partial charge in [-0.05, 0) is 11.6 Å². The van der Waals surface area contributed by atoms with E-state index in [0.29, 0.717) is 18.8 Å². The van der Waals surface area contributed by atoms with Crippen molar-refractivity contribution in [2.45, 2.75) is 6.54 Å². The highest BCUT2D eigenvalue weighted by Crippen LogP contribution is 2.12. The van der Waals surface area contributed by atoms with Gasteiger partial charge in [0.2, 0.25) is 5.91 Å². The van der Waals surface area contributed by atoms with Crippen LogP contribution < -0.4 is 5.32 Å². The van der Waals surface area contributed by atoms with Crippen molar-refractivity contribution >= 4 is 12.0 Å². The first-order chi connectivity index (χ1) is 11.8. The van der Waals surface area contributed by atoms with Gasteiger partial charge in [0, 0.05) is 44.0 Å². The molecule has 0 fully saturated rings. The van der Waals surface area contributed by atoms with Crippen molar-refractivity contribution in [1.29, 1.82) is 0 Å². The second kappa shape index (κ2) is 7.82. The van der Waals surface area contributed by atoms with E-state index in [0.717, 1.165) is 11.4 Å². The first-order valence-corrected chi connectivity index (χ1v) is 7.61. The van der Waals surface area contributed by atoms with Gasteiger partial charge in [0.25, 0.3) is 0 Å². The van der Waals surface area contributed by atoms with Gasteiger partial charge in [-0.25, -0.2) is 9.97 Å². The molecule has 0 aliphatic heterocycles. The molecule has 0 aliphatic rings. The second-order valence-corrected chi connectivity index (χ2v) is 5.07. The van der Waals surface area contributed by atoms with Crippen LogP contribution in [-0.4, -0.2) is 32.0 Å². The molecule has 1 amide bonds. The first kappa shape index (κ1) is 15.6. The first-order valence-electron chi connectivity index (χ1n) is 7.61. The van der Waals surface area contributed by atoms with Crippen LogP contribution in [0.1, 0.15) is 5.56 Å². The van der Waals surface area contributed by atoms with Crippen molar-refractivity contribution in [3.8, 4) is 11.5 Å². The molecule has 1 aromatic carbocycles. The van der Waals surface area contributed by atoms with Crippen LogP contribution in [0.25, 0.3) is 17.6 Å². The van der Waals surface area contributed by atoms with Gasteiger partial charge in [0.15, 0.2) is 5.82 Å². The fourth-order valence-electron chi connectivity index (χ4n) is 2.23. The maximum Gasteiger partial charge on any atom is 0.244 e. The summed E-state index contributed by atoms with van der Waals surface area (Å²) < 4.78 is 1.94. The SMILES string of the molecule is O=C(C=Cc1ccccc1)NCCn1ccnc1-c1cnccn1. The summed E-state index contributed by atoms with van der Waals surface area (Å²) in [4.78, 5) is 24.4. The molecular formula is C18H17N5O. The fourth-order valence-corrected chi connectivity index (χ4v) is 2.23. The third-order valence-electron chi connectivity index (χ3n) is 3.39. The van der Waals surface area contributed by atoms with E-state index in [9.17, 15) is 4.79 Å². The lowest BCUT2D eigenvalue weighted by molar-refractivity contribution is -0.116. The molecule has 2 aromatic heterocycles. The number of hydrogen-bond acceptors (Lipinski definition) is 4. The van der Waals surface area contributed by atoms with Crippen LogP contribution in [-0.2, 0) is 11.3 Å². The van der Waals surface area contributed by atoms with Crippen LogP contribution in [0.4, 0.5) is 0 Å². The van der Waals surface area contributed by atoms with E-state index in [-0.39, 0.29) is 5.91 Å². The van der Waals surface area contributed by atoms with E-state index in [1.807, 2.05) is 41.1 Å². The summed E-state index contributed by atoms with van der Waals surface area (Å²) in [5, 5.41) is 2.86. The minimum Gasteiger partial charge on any atom is -0.351 e. The monoisotopic (exact) mass is 319 g/mol. The number of benzene rings is 1. The van der Waals surface area contributed by atoms with Gasteiger partial charge in [-0.15, -0.1) is 0 Å². The Morgan fingerprint density at radius 2 is 2.00 bits per heavy atom. The summed E-state index contributed by atoms with van der Waals surface area (Å²) in [5.74, 6) is 0.609. The van der Waals surface area contributed by atoms with Crippen molar-refractivity contribution in [2.75, 3.05) is 6.54 Å². The summed E-state index contributed by atoms with van der Waals surface area (Å²) in [5.41, 5.74) is 1.70. The van der Waals surface area contributed by atoms with Crippen LogP contribution >= 0.6 is 0 Å². The van der Waals surface area contributed by atoms with E-state index in [1.54, 1.807) is 30.9 Å². The van der Waals surface area contributed by atoms with Crippen LogP contribution in [0.3, 0.4) is 0 Å². The summed E-state index contributed by atoms with van der Waals surface area (Å²) in [6, 6.07) is 9.71. The number of rotatable bonds is 6. The Kier molecular flexibility index (Phi) is 5.09. The predicted molar refractivity (Wildman–Crippen MR) is 91.7 cm³/mol. The molecule has 24 heavy (non-hydrogen) atoms. The molecule has 0 saturated heterocycles. The largest absolute Gasteiger partial charge is 0.351 e. The zero-order valence-electron chi connectivity index (χ0n) is 13.0. The minimum atomic E-state index is -0.125. The number of nitrogens with zero attached hydrogens (tertiary/aromatic N) is 4. The van der Waals surface area contributed by atoms with E-state index in [4.69, 9.17) is 0 Å². The third kappa shape index (κ3) is 4.13. The predicted octanol–water partition coefficient (Wildman–Crippen LogP) is 2.17. The maximum absolute atomic E-state index is 11.9. The van der Waals surface area contributed by atoms with E-state index >= 15 is 0 Å². The highest BCUT2D eigenvalue weighted by molar-refractivity contribution is 5.91. The lowest BCUT2D eigenvalue weighted by Crippen LogP contribution is -2.25. The van der Waals surface area contributed by atoms with Gasteiger partial charge in [-0.2, -0.15) is 0 Å². The Labute approximate surface area is 139 Å². The topological polar surface area (TPSA) is 72.7 Å². The fraction of sp³-hybridized carbons (Fsp3) is 0.111. The molecule has 0 saturated carbocycles. The number of nitrogens with one attached hydrogen (secondary N) is 1. The third-order valence-corrected chi connectivity index (χ3v) is 3.39. The summed E-state index contributed by atoms with van der Waals surface area (Å²) in [6.45, 7) is 1.11. The molecular weight excluding hydrogens is 302 g/mol. The molecule has 0 spiro atoms. The Balaban J connectivity index is 1.53. The molecule has 6 heteroatoms. The van der Waals surface area contributed by atoms with E-state index in [2.05, 4.69) is 20.3 Å². The van der Waals surface area contributed by atoms with Crippen LogP contribution in [0.15, 0.2) is 67.4 Å². The number of aromatic nitrogens is 4. The van der Waals surface area contributed by atoms with E-state index < -0.39 is 0 Å². The van der Waals surface area contributed by atoms with Crippen molar-refractivity contribution in [3.63, 3.8) is 0 Å². The van der Waals surface area contributed by atoms with Crippen molar-refractivity contribution in [3.05, 3.63) is 73.0 Å². The molecule has 0 atom stereocenters. The standard InChI is InChI=1S/C18H17N5O/c24-17(7-6-15-4-2-1-3-5-15)21-10-12-23-13-11-22-18(23)16-14-19-8-9-20-16/h1-9,11,13-14H,10,12H2,(H,21,24). The molecule has 0 bridgehead atoms.